The minimum absolute atomic E-state index is 0.316. The van der Waals surface area contributed by atoms with Crippen LogP contribution in [0.2, 0.25) is 0 Å². The molecule has 2 aliphatic rings. The normalized spacial score (nSPS) is 37.4. The number of nitrogens with one attached hydrogen (secondary N) is 1. The first kappa shape index (κ1) is 9.47. The molecule has 2 rings (SSSR count). The zero-order valence-corrected chi connectivity index (χ0v) is 9.35. The van der Waals surface area contributed by atoms with E-state index in [-0.39, 0.29) is 0 Å². The fraction of sp³-hybridized carbons (Fsp3) is 1.00. The molecule has 1 aliphatic carbocycles. The van der Waals surface area contributed by atoms with Crippen molar-refractivity contribution in [3.8, 4) is 0 Å². The van der Waals surface area contributed by atoms with Gasteiger partial charge in [-0.2, -0.15) is 0 Å². The smallest absolute Gasteiger partial charge is 0.0252 e. The molecule has 1 N–H and O–H groups in total. The summed E-state index contributed by atoms with van der Waals surface area (Å²) in [5.41, 5.74) is 0.907. The molecule has 0 aromatic rings. The lowest BCUT2D eigenvalue weighted by Crippen LogP contribution is -2.57. The molecular formula is C11H22N2. The van der Waals surface area contributed by atoms with Crippen LogP contribution in [0.4, 0.5) is 0 Å². The molecule has 1 heterocycles. The van der Waals surface area contributed by atoms with Crippen LogP contribution in [0.25, 0.3) is 0 Å². The van der Waals surface area contributed by atoms with Crippen LogP contribution in [-0.2, 0) is 0 Å². The summed E-state index contributed by atoms with van der Waals surface area (Å²) in [5.74, 6) is 0. The molecule has 1 saturated heterocycles. The van der Waals surface area contributed by atoms with Crippen LogP contribution >= 0.6 is 0 Å². The van der Waals surface area contributed by atoms with Crippen molar-refractivity contribution in [1.82, 2.24) is 10.2 Å². The van der Waals surface area contributed by atoms with Crippen molar-refractivity contribution in [3.63, 3.8) is 0 Å². The average Bonchev–Trinajstić information content (AvgIpc) is 2.58. The van der Waals surface area contributed by atoms with Crippen LogP contribution in [-0.4, -0.2) is 36.1 Å². The number of piperazine rings is 1. The van der Waals surface area contributed by atoms with Gasteiger partial charge in [0.25, 0.3) is 0 Å². The van der Waals surface area contributed by atoms with Gasteiger partial charge in [0.05, 0.1) is 0 Å². The Morgan fingerprint density at radius 2 is 1.85 bits per heavy atom. The van der Waals surface area contributed by atoms with Gasteiger partial charge in [-0.15, -0.1) is 0 Å². The molecular weight excluding hydrogens is 160 g/mol. The van der Waals surface area contributed by atoms with Gasteiger partial charge in [-0.25, -0.2) is 0 Å². The SMILES string of the molecule is CC1(C)CN(C2CC2(C)C)CCN1. The van der Waals surface area contributed by atoms with E-state index >= 15 is 0 Å². The van der Waals surface area contributed by atoms with E-state index in [1.807, 2.05) is 0 Å². The van der Waals surface area contributed by atoms with Gasteiger partial charge in [0.15, 0.2) is 0 Å². The van der Waals surface area contributed by atoms with Crippen molar-refractivity contribution in [2.75, 3.05) is 19.6 Å². The minimum Gasteiger partial charge on any atom is -0.309 e. The second kappa shape index (κ2) is 2.71. The maximum absolute atomic E-state index is 3.56. The highest BCUT2D eigenvalue weighted by Gasteiger charge is 2.50. The maximum Gasteiger partial charge on any atom is 0.0252 e. The van der Waals surface area contributed by atoms with Crippen molar-refractivity contribution in [2.24, 2.45) is 5.41 Å². The predicted molar refractivity (Wildman–Crippen MR) is 55.8 cm³/mol. The molecule has 0 amide bonds. The van der Waals surface area contributed by atoms with E-state index in [2.05, 4.69) is 37.9 Å². The van der Waals surface area contributed by atoms with Crippen molar-refractivity contribution < 1.29 is 0 Å². The van der Waals surface area contributed by atoms with E-state index in [0.717, 1.165) is 12.6 Å². The van der Waals surface area contributed by atoms with Crippen molar-refractivity contribution in [2.45, 2.75) is 45.7 Å². The molecule has 2 fully saturated rings. The third-order valence-corrected chi connectivity index (χ3v) is 3.50. The monoisotopic (exact) mass is 182 g/mol. The van der Waals surface area contributed by atoms with Gasteiger partial charge in [0.2, 0.25) is 0 Å². The molecule has 2 nitrogen and oxygen atoms in total. The Bertz CT molecular complexity index is 208. The van der Waals surface area contributed by atoms with Gasteiger partial charge in [0, 0.05) is 31.2 Å². The first-order valence-electron chi connectivity index (χ1n) is 5.40. The molecule has 0 aromatic carbocycles. The number of rotatable bonds is 1. The van der Waals surface area contributed by atoms with Gasteiger partial charge in [0.1, 0.15) is 0 Å². The lowest BCUT2D eigenvalue weighted by molar-refractivity contribution is 0.134. The summed E-state index contributed by atoms with van der Waals surface area (Å²) in [6.07, 6.45) is 1.39. The highest BCUT2D eigenvalue weighted by atomic mass is 15.3. The first-order valence-corrected chi connectivity index (χ1v) is 5.40. The molecule has 1 aliphatic heterocycles. The Labute approximate surface area is 81.7 Å². The van der Waals surface area contributed by atoms with Crippen LogP contribution < -0.4 is 5.32 Å². The molecule has 0 aromatic heterocycles. The number of hydrogen-bond acceptors (Lipinski definition) is 2. The summed E-state index contributed by atoms with van der Waals surface area (Å²) < 4.78 is 0. The van der Waals surface area contributed by atoms with Crippen molar-refractivity contribution in [1.29, 1.82) is 0 Å². The Morgan fingerprint density at radius 1 is 1.23 bits per heavy atom. The molecule has 0 bridgehead atoms. The Morgan fingerprint density at radius 3 is 2.31 bits per heavy atom. The molecule has 0 radical (unpaired) electrons. The molecule has 2 heteroatoms. The van der Waals surface area contributed by atoms with Crippen LogP contribution in [0.3, 0.4) is 0 Å². The van der Waals surface area contributed by atoms with Gasteiger partial charge in [-0.05, 0) is 25.7 Å². The molecule has 1 saturated carbocycles. The average molecular weight is 182 g/mol. The van der Waals surface area contributed by atoms with E-state index in [0.29, 0.717) is 11.0 Å². The van der Waals surface area contributed by atoms with Gasteiger partial charge >= 0.3 is 0 Å². The summed E-state index contributed by atoms with van der Waals surface area (Å²) >= 11 is 0. The molecule has 0 spiro atoms. The highest BCUT2D eigenvalue weighted by molar-refractivity contribution is 5.05. The van der Waals surface area contributed by atoms with E-state index in [1.165, 1.54) is 19.5 Å². The highest BCUT2D eigenvalue weighted by Crippen LogP contribution is 2.48. The Kier molecular flexibility index (Phi) is 1.97. The number of hydrogen-bond donors (Lipinski definition) is 1. The van der Waals surface area contributed by atoms with E-state index in [4.69, 9.17) is 0 Å². The Balaban J connectivity index is 1.95. The topological polar surface area (TPSA) is 15.3 Å². The van der Waals surface area contributed by atoms with Crippen LogP contribution in [0.15, 0.2) is 0 Å². The van der Waals surface area contributed by atoms with E-state index < -0.39 is 0 Å². The third kappa shape index (κ3) is 1.89. The maximum atomic E-state index is 3.56. The van der Waals surface area contributed by atoms with Gasteiger partial charge in [-0.1, -0.05) is 13.8 Å². The van der Waals surface area contributed by atoms with Crippen LogP contribution in [0.5, 0.6) is 0 Å². The molecule has 1 unspecified atom stereocenters. The lowest BCUT2D eigenvalue weighted by atomic mass is 10.0. The van der Waals surface area contributed by atoms with E-state index in [1.54, 1.807) is 0 Å². The number of nitrogens with zero attached hydrogens (tertiary/aromatic N) is 1. The summed E-state index contributed by atoms with van der Waals surface area (Å²) in [6, 6.07) is 0.855. The zero-order valence-electron chi connectivity index (χ0n) is 9.35. The summed E-state index contributed by atoms with van der Waals surface area (Å²) in [4.78, 5) is 2.66. The van der Waals surface area contributed by atoms with Crippen LogP contribution in [0, 0.1) is 5.41 Å². The molecule has 13 heavy (non-hydrogen) atoms. The first-order chi connectivity index (χ1) is 5.91. The standard InChI is InChI=1S/C11H22N2/c1-10(2)7-9(10)13-6-5-12-11(3,4)8-13/h9,12H,5-8H2,1-4H3. The van der Waals surface area contributed by atoms with E-state index in [9.17, 15) is 0 Å². The molecule has 1 atom stereocenters. The van der Waals surface area contributed by atoms with Gasteiger partial charge < -0.3 is 5.32 Å². The second-order valence-corrected chi connectivity index (χ2v) is 5.99. The fourth-order valence-electron chi connectivity index (χ4n) is 2.51. The minimum atomic E-state index is 0.316. The van der Waals surface area contributed by atoms with Gasteiger partial charge in [-0.3, -0.25) is 4.90 Å². The fourth-order valence-corrected chi connectivity index (χ4v) is 2.51. The Hall–Kier alpha value is -0.0800. The lowest BCUT2D eigenvalue weighted by Gasteiger charge is -2.40. The zero-order chi connectivity index (χ0) is 9.69. The molecule has 76 valence electrons. The summed E-state index contributed by atoms with van der Waals surface area (Å²) in [7, 11) is 0. The van der Waals surface area contributed by atoms with Crippen molar-refractivity contribution >= 4 is 0 Å². The third-order valence-electron chi connectivity index (χ3n) is 3.50. The quantitative estimate of drug-likeness (QED) is 0.660. The second-order valence-electron chi connectivity index (χ2n) is 5.99. The van der Waals surface area contributed by atoms with Crippen molar-refractivity contribution in [3.05, 3.63) is 0 Å². The summed E-state index contributed by atoms with van der Waals surface area (Å²) in [6.45, 7) is 13.0. The largest absolute Gasteiger partial charge is 0.309 e. The summed E-state index contributed by atoms with van der Waals surface area (Å²) in [5, 5.41) is 3.56. The van der Waals surface area contributed by atoms with Crippen LogP contribution in [0.1, 0.15) is 34.1 Å². The predicted octanol–water partition coefficient (Wildman–Crippen LogP) is 1.47.